The van der Waals surface area contributed by atoms with Gasteiger partial charge in [0.25, 0.3) is 5.92 Å². The summed E-state index contributed by atoms with van der Waals surface area (Å²) in [6, 6.07) is 50.9. The lowest BCUT2D eigenvalue weighted by atomic mass is 9.65. The number of para-hydroxylation sites is 2. The number of nitrogens with zero attached hydrogens (tertiary/aromatic N) is 4. The highest BCUT2D eigenvalue weighted by molar-refractivity contribution is 5.99. The topological polar surface area (TPSA) is 54.1 Å². The van der Waals surface area contributed by atoms with Crippen molar-refractivity contribution >= 4 is 44.3 Å². The summed E-state index contributed by atoms with van der Waals surface area (Å²) < 4.78 is 35.5. The van der Waals surface area contributed by atoms with E-state index in [0.29, 0.717) is 22.7 Å². The summed E-state index contributed by atoms with van der Waals surface area (Å²) >= 11 is 0. The minimum absolute atomic E-state index is 0.00631. The second-order valence-electron chi connectivity index (χ2n) is 14.8. The van der Waals surface area contributed by atoms with E-state index in [-0.39, 0.29) is 34.5 Å². The van der Waals surface area contributed by atoms with Crippen LogP contribution in [-0.2, 0) is 0 Å². The monoisotopic (exact) mass is 710 g/mol. The molecule has 0 fully saturated rings. The molecule has 0 heterocycles. The predicted octanol–water partition coefficient (Wildman–Crippen LogP) is 13.2. The van der Waals surface area contributed by atoms with Gasteiger partial charge in [-0.1, -0.05) is 130 Å². The summed E-state index contributed by atoms with van der Waals surface area (Å²) in [7, 11) is 0. The van der Waals surface area contributed by atoms with Crippen molar-refractivity contribution in [2.24, 2.45) is 10.8 Å². The van der Waals surface area contributed by atoms with Crippen LogP contribution in [0.25, 0.3) is 21.5 Å². The number of rotatable bonds is 6. The van der Waals surface area contributed by atoms with Crippen LogP contribution in [-0.4, -0.2) is 5.92 Å². The van der Waals surface area contributed by atoms with Crippen LogP contribution in [0, 0.1) is 33.5 Å². The van der Waals surface area contributed by atoms with Crippen LogP contribution in [0.3, 0.4) is 0 Å². The van der Waals surface area contributed by atoms with E-state index in [9.17, 15) is 10.5 Å². The van der Waals surface area contributed by atoms with Gasteiger partial charge in [-0.2, -0.15) is 10.5 Å². The first-order valence-corrected chi connectivity index (χ1v) is 17.9. The molecule has 6 aromatic carbocycles. The summed E-state index contributed by atoms with van der Waals surface area (Å²) in [6.07, 6.45) is -0.240. The molecule has 0 N–H and O–H groups in total. The Morgan fingerprint density at radius 2 is 0.981 bits per heavy atom. The Morgan fingerprint density at radius 3 is 1.48 bits per heavy atom. The molecule has 0 unspecified atom stereocenters. The van der Waals surface area contributed by atoms with Gasteiger partial charge in [-0.15, -0.1) is 0 Å². The summed E-state index contributed by atoms with van der Waals surface area (Å²) in [5, 5.41) is 26.4. The highest BCUT2D eigenvalue weighted by Crippen LogP contribution is 2.59. The third-order valence-electron chi connectivity index (χ3n) is 10.8. The van der Waals surface area contributed by atoms with Crippen LogP contribution in [0.15, 0.2) is 180 Å². The maximum atomic E-state index is 17.8. The van der Waals surface area contributed by atoms with Gasteiger partial charge in [-0.3, -0.25) is 0 Å². The van der Waals surface area contributed by atoms with E-state index in [2.05, 4.69) is 18.7 Å². The maximum absolute atomic E-state index is 17.8. The zero-order chi connectivity index (χ0) is 38.3. The summed E-state index contributed by atoms with van der Waals surface area (Å²) in [6.45, 7) is 10.5. The van der Waals surface area contributed by atoms with Crippen molar-refractivity contribution in [3.63, 3.8) is 0 Å². The van der Waals surface area contributed by atoms with E-state index in [1.54, 1.807) is 13.8 Å². The molecule has 7 rings (SSSR count). The largest absolute Gasteiger partial charge is 0.312 e. The molecule has 54 heavy (non-hydrogen) atoms. The predicted molar refractivity (Wildman–Crippen MR) is 217 cm³/mol. The second-order valence-corrected chi connectivity index (χ2v) is 14.8. The zero-order valence-electron chi connectivity index (χ0n) is 30.8. The molecule has 0 spiro atoms. The zero-order valence-corrected chi connectivity index (χ0v) is 30.8. The average Bonchev–Trinajstić information content (AvgIpc) is 3.20. The molecule has 0 aromatic heterocycles. The smallest absolute Gasteiger partial charge is 0.262 e. The van der Waals surface area contributed by atoms with E-state index in [1.165, 1.54) is 13.8 Å². The van der Waals surface area contributed by atoms with E-state index in [4.69, 9.17) is 0 Å². The summed E-state index contributed by atoms with van der Waals surface area (Å²) in [4.78, 5) is 3.72. The molecular weight excluding hydrogens is 671 g/mol. The lowest BCUT2D eigenvalue weighted by molar-refractivity contribution is -0.172. The fraction of sp³-hybridized carbons (Fsp3) is 0.167. The molecule has 0 aliphatic heterocycles. The number of allylic oxidation sites excluding steroid dienone is 4. The van der Waals surface area contributed by atoms with Gasteiger partial charge in [0.1, 0.15) is 12.1 Å². The Morgan fingerprint density at radius 1 is 0.556 bits per heavy atom. The molecule has 0 saturated heterocycles. The SMILES string of the molecule is C=C1/C(N(c2ccccc2)c2cccc3ccccc23)=C(C#N)\C(C#N)=C(\N(c2ccccc2)c2cccc3ccccc23)CC(C)(C)C(F)(F)C1(C)C. The molecule has 1 aliphatic rings. The number of hydrogen-bond donors (Lipinski definition) is 0. The lowest BCUT2D eigenvalue weighted by Crippen LogP contribution is -2.50. The molecule has 0 saturated carbocycles. The van der Waals surface area contributed by atoms with Gasteiger partial charge >= 0.3 is 0 Å². The van der Waals surface area contributed by atoms with E-state index >= 15 is 8.78 Å². The Labute approximate surface area is 315 Å². The van der Waals surface area contributed by atoms with Crippen molar-refractivity contribution in [1.82, 2.24) is 0 Å². The molecule has 0 radical (unpaired) electrons. The molecule has 1 aliphatic carbocycles. The van der Waals surface area contributed by atoms with Crippen molar-refractivity contribution in [2.45, 2.75) is 40.0 Å². The van der Waals surface area contributed by atoms with Crippen LogP contribution in [0.1, 0.15) is 34.1 Å². The van der Waals surface area contributed by atoms with Crippen LogP contribution in [0.5, 0.6) is 0 Å². The summed E-state index contributed by atoms with van der Waals surface area (Å²) in [5.74, 6) is -3.40. The van der Waals surface area contributed by atoms with E-state index in [1.807, 2.05) is 155 Å². The molecule has 6 heteroatoms. The van der Waals surface area contributed by atoms with Crippen LogP contribution >= 0.6 is 0 Å². The summed E-state index contributed by atoms with van der Waals surface area (Å²) in [5.41, 5.74) is -0.550. The first kappa shape index (κ1) is 35.9. The lowest BCUT2D eigenvalue weighted by Gasteiger charge is -2.47. The molecule has 4 nitrogen and oxygen atoms in total. The molecule has 0 bridgehead atoms. The first-order valence-electron chi connectivity index (χ1n) is 17.9. The molecule has 0 atom stereocenters. The van der Waals surface area contributed by atoms with Crippen LogP contribution in [0.4, 0.5) is 31.5 Å². The van der Waals surface area contributed by atoms with Crippen molar-refractivity contribution in [3.05, 3.63) is 180 Å². The number of benzene rings is 6. The first-order chi connectivity index (χ1) is 25.9. The van der Waals surface area contributed by atoms with Crippen molar-refractivity contribution in [3.8, 4) is 12.1 Å². The number of hydrogen-bond acceptors (Lipinski definition) is 4. The van der Waals surface area contributed by atoms with Gasteiger partial charge in [0.15, 0.2) is 0 Å². The number of anilines is 4. The fourth-order valence-corrected chi connectivity index (χ4v) is 7.82. The normalized spacial score (nSPS) is 19.2. The Kier molecular flexibility index (Phi) is 9.17. The van der Waals surface area contributed by atoms with E-state index < -0.39 is 16.8 Å². The third-order valence-corrected chi connectivity index (χ3v) is 10.8. The highest BCUT2D eigenvalue weighted by Gasteiger charge is 2.60. The quantitative estimate of drug-likeness (QED) is 0.173. The number of halogens is 2. The van der Waals surface area contributed by atoms with Gasteiger partial charge in [0.05, 0.1) is 33.6 Å². The van der Waals surface area contributed by atoms with Gasteiger partial charge in [0.2, 0.25) is 0 Å². The molecule has 266 valence electrons. The van der Waals surface area contributed by atoms with Gasteiger partial charge in [-0.25, -0.2) is 8.78 Å². The number of nitriles is 2. The van der Waals surface area contributed by atoms with Crippen molar-refractivity contribution in [2.75, 3.05) is 9.80 Å². The van der Waals surface area contributed by atoms with Gasteiger partial charge in [-0.05, 0) is 66.6 Å². The Bertz CT molecular complexity index is 2540. The van der Waals surface area contributed by atoms with Crippen molar-refractivity contribution in [1.29, 1.82) is 10.5 Å². The molecule has 6 aromatic rings. The minimum Gasteiger partial charge on any atom is -0.312 e. The highest BCUT2D eigenvalue weighted by atomic mass is 19.3. The maximum Gasteiger partial charge on any atom is 0.262 e. The van der Waals surface area contributed by atoms with Gasteiger partial charge in [0, 0.05) is 39.7 Å². The third kappa shape index (κ3) is 5.81. The average molecular weight is 711 g/mol. The Balaban J connectivity index is 1.68. The second kappa shape index (κ2) is 13.8. The van der Waals surface area contributed by atoms with Crippen molar-refractivity contribution < 1.29 is 8.78 Å². The Hall–Kier alpha value is -6.50. The standard InChI is InChI=1S/C48H40F2N4/c1-33-45(54(37-24-10-7-11-25-37)43-29-17-21-35-19-13-15-27-39(35)43)41(32-52)40(31-51)44(30-46(2,3)48(49,50)47(33,4)5)53(36-22-8-6-9-23-36)42-28-16-20-34-18-12-14-26-38(34)42/h6-29H,1,30H2,2-5H3/b44-40+,45-41+. The molecular formula is C48H40F2N4. The van der Waals surface area contributed by atoms with Gasteiger partial charge < -0.3 is 9.80 Å². The van der Waals surface area contributed by atoms with Crippen LogP contribution < -0.4 is 9.80 Å². The number of fused-ring (bicyclic) bond motifs is 2. The minimum atomic E-state index is -3.40. The van der Waals surface area contributed by atoms with E-state index in [0.717, 1.165) is 21.5 Å². The number of alkyl halides is 2. The fourth-order valence-electron chi connectivity index (χ4n) is 7.82. The molecule has 0 amide bonds. The van der Waals surface area contributed by atoms with Crippen LogP contribution in [0.2, 0.25) is 0 Å².